The van der Waals surface area contributed by atoms with Gasteiger partial charge in [0.15, 0.2) is 0 Å². The molecule has 14 heteroatoms. The van der Waals surface area contributed by atoms with Crippen LogP contribution >= 0.6 is 0 Å². The number of rotatable bonds is 7. The van der Waals surface area contributed by atoms with Crippen LogP contribution in [0, 0.1) is 0 Å². The van der Waals surface area contributed by atoms with Crippen LogP contribution in [0.25, 0.3) is 22.3 Å². The molecule has 0 fully saturated rings. The van der Waals surface area contributed by atoms with Crippen molar-refractivity contribution in [2.45, 2.75) is 37.5 Å². The molecule has 0 aliphatic rings. The van der Waals surface area contributed by atoms with E-state index in [1.807, 2.05) is 0 Å². The molecule has 3 rings (SSSR count). The second-order valence-corrected chi connectivity index (χ2v) is 8.91. The molecule has 0 N–H and O–H groups in total. The zero-order chi connectivity index (χ0) is 31.7. The normalized spacial score (nSPS) is 12.8. The highest BCUT2D eigenvalue weighted by molar-refractivity contribution is 5.85. The lowest BCUT2D eigenvalue weighted by Crippen LogP contribution is -2.17. The number of halogens is 12. The SMILES string of the molecule is C=CC(=O)OCCCc1ccc(-c2cc(C(F)(F)F)c(C(F)(F)F)cc2-c2cc(C(F)(F)F)cc(C(F)(F)F)c2)cc1. The first kappa shape index (κ1) is 32.5. The molecule has 0 heterocycles. The largest absolute Gasteiger partial charge is 0.463 e. The van der Waals surface area contributed by atoms with E-state index in [9.17, 15) is 57.5 Å². The van der Waals surface area contributed by atoms with Crippen LogP contribution < -0.4 is 0 Å². The van der Waals surface area contributed by atoms with Gasteiger partial charge in [-0.15, -0.1) is 0 Å². The minimum Gasteiger partial charge on any atom is -0.463 e. The van der Waals surface area contributed by atoms with Gasteiger partial charge in [0.1, 0.15) is 0 Å². The molecule has 0 unspecified atom stereocenters. The van der Waals surface area contributed by atoms with Crippen LogP contribution in [0.3, 0.4) is 0 Å². The lowest BCUT2D eigenvalue weighted by atomic mass is 9.87. The Kier molecular flexibility index (Phi) is 9.09. The lowest BCUT2D eigenvalue weighted by molar-refractivity contribution is -0.162. The first-order valence-corrected chi connectivity index (χ1v) is 11.7. The fourth-order valence-electron chi connectivity index (χ4n) is 4.02. The fraction of sp³-hybridized carbons (Fsp3) is 0.250. The van der Waals surface area contributed by atoms with Gasteiger partial charge < -0.3 is 4.74 Å². The second kappa shape index (κ2) is 11.7. The van der Waals surface area contributed by atoms with Crippen LogP contribution in [-0.4, -0.2) is 12.6 Å². The van der Waals surface area contributed by atoms with Crippen molar-refractivity contribution in [1.82, 2.24) is 0 Å². The van der Waals surface area contributed by atoms with Crippen LogP contribution in [0.4, 0.5) is 52.7 Å². The van der Waals surface area contributed by atoms with Gasteiger partial charge in [0.25, 0.3) is 0 Å². The number of benzene rings is 3. The first-order chi connectivity index (χ1) is 19.2. The van der Waals surface area contributed by atoms with Gasteiger partial charge in [0.05, 0.1) is 28.9 Å². The van der Waals surface area contributed by atoms with Crippen molar-refractivity contribution < 1.29 is 62.2 Å². The van der Waals surface area contributed by atoms with E-state index in [0.717, 1.165) is 18.2 Å². The predicted molar refractivity (Wildman–Crippen MR) is 127 cm³/mol. The molecule has 0 aromatic heterocycles. The Morgan fingerprint density at radius 1 is 0.643 bits per heavy atom. The van der Waals surface area contributed by atoms with Crippen molar-refractivity contribution in [3.63, 3.8) is 0 Å². The number of esters is 1. The Bertz CT molecular complexity index is 1410. The van der Waals surface area contributed by atoms with Crippen LogP contribution in [0.1, 0.15) is 34.2 Å². The van der Waals surface area contributed by atoms with Crippen LogP contribution in [0.5, 0.6) is 0 Å². The summed E-state index contributed by atoms with van der Waals surface area (Å²) in [5.41, 5.74) is -10.5. The highest BCUT2D eigenvalue weighted by atomic mass is 19.4. The van der Waals surface area contributed by atoms with Gasteiger partial charge in [-0.25, -0.2) is 4.79 Å². The van der Waals surface area contributed by atoms with E-state index in [0.29, 0.717) is 12.0 Å². The minimum absolute atomic E-state index is 0.0122. The summed E-state index contributed by atoms with van der Waals surface area (Å²) >= 11 is 0. The van der Waals surface area contributed by atoms with E-state index < -0.39 is 69.6 Å². The van der Waals surface area contributed by atoms with Crippen molar-refractivity contribution in [2.24, 2.45) is 0 Å². The maximum atomic E-state index is 13.7. The van der Waals surface area contributed by atoms with Crippen LogP contribution in [-0.2, 0) is 40.7 Å². The summed E-state index contributed by atoms with van der Waals surface area (Å²) in [5.74, 6) is -0.677. The second-order valence-electron chi connectivity index (χ2n) is 8.91. The molecule has 2 nitrogen and oxygen atoms in total. The topological polar surface area (TPSA) is 26.3 Å². The fourth-order valence-corrected chi connectivity index (χ4v) is 4.02. The third kappa shape index (κ3) is 7.85. The molecule has 0 aliphatic heterocycles. The van der Waals surface area contributed by atoms with E-state index in [1.165, 1.54) is 12.1 Å². The molecule has 0 saturated heterocycles. The summed E-state index contributed by atoms with van der Waals surface area (Å²) in [6, 6.07) is 5.01. The van der Waals surface area contributed by atoms with Gasteiger partial charge in [-0.2, -0.15) is 52.7 Å². The smallest absolute Gasteiger partial charge is 0.417 e. The third-order valence-corrected chi connectivity index (χ3v) is 5.95. The maximum absolute atomic E-state index is 13.7. The quantitative estimate of drug-likeness (QED) is 0.115. The monoisotopic (exact) mass is 614 g/mol. The molecule has 0 bridgehead atoms. The average Bonchev–Trinajstić information content (AvgIpc) is 2.88. The van der Waals surface area contributed by atoms with E-state index in [4.69, 9.17) is 4.74 Å². The van der Waals surface area contributed by atoms with Gasteiger partial charge in [0.2, 0.25) is 0 Å². The molecule has 0 saturated carbocycles. The Morgan fingerprint density at radius 2 is 1.10 bits per heavy atom. The van der Waals surface area contributed by atoms with Gasteiger partial charge in [0, 0.05) is 6.08 Å². The van der Waals surface area contributed by atoms with Gasteiger partial charge in [-0.1, -0.05) is 30.8 Å². The van der Waals surface area contributed by atoms with E-state index in [-0.39, 0.29) is 48.9 Å². The molecule has 0 aliphatic carbocycles. The number of ether oxygens (including phenoxy) is 1. The van der Waals surface area contributed by atoms with Crippen molar-refractivity contribution >= 4 is 5.97 Å². The summed E-state index contributed by atoms with van der Waals surface area (Å²) in [7, 11) is 0. The predicted octanol–water partition coefficient (Wildman–Crippen LogP) is 9.76. The summed E-state index contributed by atoms with van der Waals surface area (Å²) in [4.78, 5) is 11.1. The molecule has 0 atom stereocenters. The Balaban J connectivity index is 2.25. The van der Waals surface area contributed by atoms with Crippen molar-refractivity contribution in [1.29, 1.82) is 0 Å². The van der Waals surface area contributed by atoms with E-state index in [1.54, 1.807) is 0 Å². The van der Waals surface area contributed by atoms with Gasteiger partial charge in [-0.05, 0) is 71.0 Å². The molecule has 3 aromatic carbocycles. The zero-order valence-corrected chi connectivity index (χ0v) is 21.0. The Hall–Kier alpha value is -3.97. The molecule has 0 radical (unpaired) electrons. The van der Waals surface area contributed by atoms with Crippen molar-refractivity contribution in [3.8, 4) is 22.3 Å². The Morgan fingerprint density at radius 3 is 1.50 bits per heavy atom. The number of hydrogen-bond acceptors (Lipinski definition) is 2. The van der Waals surface area contributed by atoms with Gasteiger partial charge in [-0.3, -0.25) is 0 Å². The summed E-state index contributed by atoms with van der Waals surface area (Å²) in [6.07, 6.45) is -20.5. The van der Waals surface area contributed by atoms with Crippen LogP contribution in [0.15, 0.2) is 67.3 Å². The van der Waals surface area contributed by atoms with Crippen molar-refractivity contribution in [2.75, 3.05) is 6.61 Å². The number of alkyl halides is 12. The minimum atomic E-state index is -5.66. The number of carbonyl (C=O) groups is 1. The van der Waals surface area contributed by atoms with Crippen molar-refractivity contribution in [3.05, 3.63) is 95.1 Å². The third-order valence-electron chi connectivity index (χ3n) is 5.95. The van der Waals surface area contributed by atoms with E-state index in [2.05, 4.69) is 6.58 Å². The van der Waals surface area contributed by atoms with Crippen LogP contribution in [0.2, 0.25) is 0 Å². The Labute approximate surface area is 230 Å². The number of aryl methyl sites for hydroxylation is 1. The molecule has 3 aromatic rings. The molecule has 0 spiro atoms. The highest BCUT2D eigenvalue weighted by Gasteiger charge is 2.44. The zero-order valence-electron chi connectivity index (χ0n) is 21.0. The number of hydrogen-bond donors (Lipinski definition) is 0. The van der Waals surface area contributed by atoms with E-state index >= 15 is 0 Å². The average molecular weight is 614 g/mol. The lowest BCUT2D eigenvalue weighted by Gasteiger charge is -2.21. The summed E-state index contributed by atoms with van der Waals surface area (Å²) in [5, 5.41) is 0. The number of carbonyl (C=O) groups excluding carboxylic acids is 1. The highest BCUT2D eigenvalue weighted by Crippen LogP contribution is 2.47. The van der Waals surface area contributed by atoms with Gasteiger partial charge >= 0.3 is 30.7 Å². The molecule has 226 valence electrons. The summed E-state index contributed by atoms with van der Waals surface area (Å²) in [6.45, 7) is 3.21. The summed E-state index contributed by atoms with van der Waals surface area (Å²) < 4.78 is 168. The first-order valence-electron chi connectivity index (χ1n) is 11.7. The molecule has 42 heavy (non-hydrogen) atoms. The standard InChI is InChI=1S/C28H18F12O2/c1-2-24(41)42-9-3-4-15-5-7-16(8-6-15)20-13-22(27(35,36)37)23(28(38,39)40)14-21(20)17-10-18(25(29,30)31)12-19(11-17)26(32,33)34/h2,5-8,10-14H,1,3-4,9H2. The molecular weight excluding hydrogens is 596 g/mol. The molecule has 0 amide bonds. The maximum Gasteiger partial charge on any atom is 0.417 e. The molecular formula is C28H18F12O2.